The highest BCUT2D eigenvalue weighted by atomic mass is 16.1. The molecule has 2 aromatic rings. The van der Waals surface area contributed by atoms with Crippen LogP contribution in [0.4, 0.5) is 0 Å². The van der Waals surface area contributed by atoms with E-state index in [0.717, 1.165) is 17.7 Å². The summed E-state index contributed by atoms with van der Waals surface area (Å²) in [6.45, 7) is 8.43. The first kappa shape index (κ1) is 16.5. The van der Waals surface area contributed by atoms with E-state index in [4.69, 9.17) is 5.73 Å². The van der Waals surface area contributed by atoms with Gasteiger partial charge in [-0.3, -0.25) is 4.79 Å². The number of pyridine rings is 1. The Morgan fingerprint density at radius 2 is 1.68 bits per heavy atom. The van der Waals surface area contributed by atoms with Gasteiger partial charge in [-0.2, -0.15) is 0 Å². The molecule has 0 amide bonds. The number of rotatable bonds is 3. The van der Waals surface area contributed by atoms with E-state index in [9.17, 15) is 4.79 Å². The molecule has 0 bridgehead atoms. The van der Waals surface area contributed by atoms with E-state index in [0.29, 0.717) is 5.56 Å². The van der Waals surface area contributed by atoms with Crippen molar-refractivity contribution in [2.75, 3.05) is 0 Å². The van der Waals surface area contributed by atoms with Gasteiger partial charge in [0.15, 0.2) is 0 Å². The predicted octanol–water partition coefficient (Wildman–Crippen LogP) is 3.29. The molecule has 2 rings (SSSR count). The summed E-state index contributed by atoms with van der Waals surface area (Å²) in [7, 11) is 1.82. The molecule has 3 nitrogen and oxygen atoms in total. The van der Waals surface area contributed by atoms with Crippen molar-refractivity contribution in [1.29, 1.82) is 0 Å². The standard InChI is InChI=1S/C19H26N2O/c1-6-13-7-9-14(10-8-13)17(20)15-11-12-16(19(2,3)4)21(5)18(15)22/h7-12,17H,6,20H2,1-5H3. The number of aromatic nitrogens is 1. The number of nitrogens with zero attached hydrogens (tertiary/aromatic N) is 1. The van der Waals surface area contributed by atoms with Crippen LogP contribution in [-0.2, 0) is 18.9 Å². The van der Waals surface area contributed by atoms with E-state index in [1.165, 1.54) is 5.56 Å². The fraction of sp³-hybridized carbons (Fsp3) is 0.421. The maximum atomic E-state index is 12.7. The Hall–Kier alpha value is -1.87. The third-order valence-corrected chi connectivity index (χ3v) is 4.18. The SMILES string of the molecule is CCc1ccc(C(N)c2ccc(C(C)(C)C)n(C)c2=O)cc1. The van der Waals surface area contributed by atoms with Gasteiger partial charge in [0.25, 0.3) is 5.56 Å². The van der Waals surface area contributed by atoms with Crippen molar-refractivity contribution in [1.82, 2.24) is 4.57 Å². The molecule has 0 saturated heterocycles. The Balaban J connectivity index is 2.44. The molecule has 0 aliphatic rings. The topological polar surface area (TPSA) is 48.0 Å². The number of benzene rings is 1. The first-order valence-electron chi connectivity index (χ1n) is 7.80. The van der Waals surface area contributed by atoms with Crippen LogP contribution >= 0.6 is 0 Å². The second kappa shape index (κ2) is 6.09. The largest absolute Gasteiger partial charge is 0.320 e. The Morgan fingerprint density at radius 3 is 2.18 bits per heavy atom. The summed E-state index contributed by atoms with van der Waals surface area (Å²) in [5, 5.41) is 0. The summed E-state index contributed by atoms with van der Waals surface area (Å²) >= 11 is 0. The molecule has 0 fully saturated rings. The lowest BCUT2D eigenvalue weighted by molar-refractivity contribution is 0.528. The molecule has 1 aromatic heterocycles. The molecular weight excluding hydrogens is 272 g/mol. The van der Waals surface area contributed by atoms with Crippen LogP contribution < -0.4 is 11.3 Å². The van der Waals surface area contributed by atoms with Crippen LogP contribution in [0.25, 0.3) is 0 Å². The van der Waals surface area contributed by atoms with Crippen LogP contribution in [0.1, 0.15) is 56.1 Å². The van der Waals surface area contributed by atoms with E-state index in [2.05, 4.69) is 39.8 Å². The minimum atomic E-state index is -0.390. The molecule has 2 N–H and O–H groups in total. The van der Waals surface area contributed by atoms with Gasteiger partial charge in [-0.25, -0.2) is 0 Å². The van der Waals surface area contributed by atoms with Crippen molar-refractivity contribution >= 4 is 0 Å². The number of aryl methyl sites for hydroxylation is 1. The van der Waals surface area contributed by atoms with Crippen molar-refractivity contribution in [2.45, 2.75) is 45.6 Å². The van der Waals surface area contributed by atoms with E-state index in [1.54, 1.807) is 4.57 Å². The first-order valence-corrected chi connectivity index (χ1v) is 7.80. The number of hydrogen-bond acceptors (Lipinski definition) is 2. The van der Waals surface area contributed by atoms with Gasteiger partial charge in [0, 0.05) is 23.7 Å². The minimum absolute atomic E-state index is 0.0144. The van der Waals surface area contributed by atoms with Gasteiger partial charge in [0.05, 0.1) is 6.04 Å². The Kier molecular flexibility index (Phi) is 4.57. The second-order valence-electron chi connectivity index (χ2n) is 6.86. The number of hydrogen-bond donors (Lipinski definition) is 1. The van der Waals surface area contributed by atoms with Crippen LogP contribution in [0.5, 0.6) is 0 Å². The monoisotopic (exact) mass is 298 g/mol. The highest BCUT2D eigenvalue weighted by Gasteiger charge is 2.20. The summed E-state index contributed by atoms with van der Waals surface area (Å²) < 4.78 is 1.72. The average molecular weight is 298 g/mol. The van der Waals surface area contributed by atoms with Crippen LogP contribution in [0, 0.1) is 0 Å². The highest BCUT2D eigenvalue weighted by molar-refractivity contribution is 5.33. The van der Waals surface area contributed by atoms with Crippen LogP contribution in [-0.4, -0.2) is 4.57 Å². The summed E-state index contributed by atoms with van der Waals surface area (Å²) in [6.07, 6.45) is 0.998. The molecule has 3 heteroatoms. The lowest BCUT2D eigenvalue weighted by Gasteiger charge is -2.23. The normalized spacial score (nSPS) is 13.2. The molecule has 1 unspecified atom stereocenters. The molecule has 1 heterocycles. The van der Waals surface area contributed by atoms with Crippen molar-refractivity contribution in [2.24, 2.45) is 12.8 Å². The lowest BCUT2D eigenvalue weighted by Crippen LogP contribution is -2.32. The molecule has 0 saturated carbocycles. The van der Waals surface area contributed by atoms with Crippen LogP contribution in [0.3, 0.4) is 0 Å². The van der Waals surface area contributed by atoms with E-state index in [-0.39, 0.29) is 11.0 Å². The van der Waals surface area contributed by atoms with Gasteiger partial charge in [0.1, 0.15) is 0 Å². The summed E-state index contributed by atoms with van der Waals surface area (Å²) in [6, 6.07) is 11.7. The maximum absolute atomic E-state index is 12.7. The van der Waals surface area contributed by atoms with Gasteiger partial charge >= 0.3 is 0 Å². The van der Waals surface area contributed by atoms with E-state index in [1.807, 2.05) is 31.3 Å². The Morgan fingerprint density at radius 1 is 1.09 bits per heavy atom. The average Bonchev–Trinajstić information content (AvgIpc) is 2.48. The molecule has 0 aliphatic carbocycles. The van der Waals surface area contributed by atoms with Gasteiger partial charge in [-0.05, 0) is 29.7 Å². The summed E-state index contributed by atoms with van der Waals surface area (Å²) in [4.78, 5) is 12.7. The van der Waals surface area contributed by atoms with E-state index >= 15 is 0 Å². The fourth-order valence-electron chi connectivity index (χ4n) is 2.78. The smallest absolute Gasteiger partial charge is 0.255 e. The minimum Gasteiger partial charge on any atom is -0.320 e. The molecule has 0 aliphatic heterocycles. The Bertz CT molecular complexity index is 706. The zero-order chi connectivity index (χ0) is 16.5. The van der Waals surface area contributed by atoms with Crippen molar-refractivity contribution in [3.63, 3.8) is 0 Å². The summed E-state index contributed by atoms with van der Waals surface area (Å²) in [5.74, 6) is 0. The molecule has 0 radical (unpaired) electrons. The van der Waals surface area contributed by atoms with Crippen LogP contribution in [0.2, 0.25) is 0 Å². The Labute approximate surface area is 132 Å². The van der Waals surface area contributed by atoms with Gasteiger partial charge in [-0.1, -0.05) is 52.0 Å². The van der Waals surface area contributed by atoms with E-state index < -0.39 is 6.04 Å². The van der Waals surface area contributed by atoms with Crippen LogP contribution in [0.15, 0.2) is 41.2 Å². The summed E-state index contributed by atoms with van der Waals surface area (Å²) in [5.41, 5.74) is 10.1. The van der Waals surface area contributed by atoms with Crippen molar-refractivity contribution in [3.8, 4) is 0 Å². The first-order chi connectivity index (χ1) is 10.3. The third-order valence-electron chi connectivity index (χ3n) is 4.18. The van der Waals surface area contributed by atoms with Gasteiger partial charge in [0.2, 0.25) is 0 Å². The van der Waals surface area contributed by atoms with Crippen molar-refractivity contribution in [3.05, 3.63) is 69.1 Å². The van der Waals surface area contributed by atoms with Gasteiger partial charge in [-0.15, -0.1) is 0 Å². The fourth-order valence-corrected chi connectivity index (χ4v) is 2.78. The molecule has 22 heavy (non-hydrogen) atoms. The maximum Gasteiger partial charge on any atom is 0.255 e. The number of nitrogens with two attached hydrogens (primary N) is 1. The second-order valence-corrected chi connectivity index (χ2v) is 6.86. The molecule has 0 spiro atoms. The molecule has 1 atom stereocenters. The zero-order valence-corrected chi connectivity index (χ0v) is 14.2. The zero-order valence-electron chi connectivity index (χ0n) is 14.2. The van der Waals surface area contributed by atoms with Crippen molar-refractivity contribution < 1.29 is 0 Å². The third kappa shape index (κ3) is 3.14. The highest BCUT2D eigenvalue weighted by Crippen LogP contribution is 2.23. The molecule has 118 valence electrons. The molecule has 1 aromatic carbocycles. The molecular formula is C19H26N2O. The quantitative estimate of drug-likeness (QED) is 0.945. The van der Waals surface area contributed by atoms with Gasteiger partial charge < -0.3 is 10.3 Å². The lowest BCUT2D eigenvalue weighted by atomic mass is 9.90. The predicted molar refractivity (Wildman–Crippen MR) is 92.2 cm³/mol.